The van der Waals surface area contributed by atoms with Gasteiger partial charge in [0.25, 0.3) is 5.82 Å². The molecule has 0 bridgehead atoms. The van der Waals surface area contributed by atoms with E-state index in [-0.39, 0.29) is 0 Å². The topological polar surface area (TPSA) is 45.2 Å². The van der Waals surface area contributed by atoms with E-state index in [9.17, 15) is 0 Å². The Hall–Kier alpha value is -2.23. The fourth-order valence-corrected chi connectivity index (χ4v) is 3.30. The molecule has 2 heterocycles. The summed E-state index contributed by atoms with van der Waals surface area (Å²) >= 11 is 0. The molecule has 2 atom stereocenters. The second-order valence-corrected chi connectivity index (χ2v) is 6.40. The minimum absolute atomic E-state index is 0.431. The first-order valence-electron chi connectivity index (χ1n) is 7.88. The van der Waals surface area contributed by atoms with Crippen LogP contribution < -0.4 is 20.7 Å². The van der Waals surface area contributed by atoms with Crippen LogP contribution in [0.2, 0.25) is 0 Å². The summed E-state index contributed by atoms with van der Waals surface area (Å²) < 4.78 is 1.99. The SMILES string of the molecule is Cc1cc(NN2c3ccccc3C(C)CC2C)cc(N)[n+]1C. The predicted molar refractivity (Wildman–Crippen MR) is 91.8 cm³/mol. The molecule has 1 aliphatic rings. The van der Waals surface area contributed by atoms with Crippen molar-refractivity contribution in [3.63, 3.8) is 0 Å². The second kappa shape index (κ2) is 5.52. The van der Waals surface area contributed by atoms with Crippen molar-refractivity contribution in [2.45, 2.75) is 39.2 Å². The number of rotatable bonds is 2. The summed E-state index contributed by atoms with van der Waals surface area (Å²) in [7, 11) is 1.98. The smallest absolute Gasteiger partial charge is 0.274 e. The summed E-state index contributed by atoms with van der Waals surface area (Å²) in [6.07, 6.45) is 1.14. The lowest BCUT2D eigenvalue weighted by Crippen LogP contribution is -2.43. The average Bonchev–Trinajstić information content (AvgIpc) is 2.49. The zero-order chi connectivity index (χ0) is 15.9. The minimum Gasteiger partial charge on any atom is -0.298 e. The van der Waals surface area contributed by atoms with Crippen LogP contribution in [0.25, 0.3) is 0 Å². The summed E-state index contributed by atoms with van der Waals surface area (Å²) in [5, 5.41) is 2.27. The highest BCUT2D eigenvalue weighted by Gasteiger charge is 2.27. The number of aromatic nitrogens is 1. The Morgan fingerprint density at radius 1 is 1.23 bits per heavy atom. The van der Waals surface area contributed by atoms with Crippen molar-refractivity contribution in [2.24, 2.45) is 7.05 Å². The number of nitrogens with one attached hydrogen (secondary N) is 1. The summed E-state index contributed by atoms with van der Waals surface area (Å²) in [5.41, 5.74) is 14.5. The van der Waals surface area contributed by atoms with Crippen molar-refractivity contribution in [1.29, 1.82) is 0 Å². The maximum absolute atomic E-state index is 6.08. The molecule has 1 aliphatic heterocycles. The number of nitrogens with zero attached hydrogens (tertiary/aromatic N) is 2. The van der Waals surface area contributed by atoms with Gasteiger partial charge in [0, 0.05) is 12.1 Å². The number of hydrogen-bond donors (Lipinski definition) is 2. The Kier molecular flexibility index (Phi) is 3.69. The van der Waals surface area contributed by atoms with Crippen molar-refractivity contribution in [3.05, 3.63) is 47.7 Å². The molecule has 0 spiro atoms. The van der Waals surface area contributed by atoms with Gasteiger partial charge in [0.15, 0.2) is 0 Å². The van der Waals surface area contributed by atoms with Crippen LogP contribution in [-0.2, 0) is 7.05 Å². The molecule has 3 N–H and O–H groups in total. The molecule has 0 saturated heterocycles. The van der Waals surface area contributed by atoms with Crippen LogP contribution in [-0.4, -0.2) is 6.04 Å². The molecule has 2 aromatic rings. The Morgan fingerprint density at radius 3 is 2.68 bits per heavy atom. The first-order valence-corrected chi connectivity index (χ1v) is 7.88. The molecule has 0 fully saturated rings. The molecule has 116 valence electrons. The van der Waals surface area contributed by atoms with Crippen molar-refractivity contribution >= 4 is 17.2 Å². The predicted octanol–water partition coefficient (Wildman–Crippen LogP) is 3.13. The third-order valence-electron chi connectivity index (χ3n) is 4.70. The fraction of sp³-hybridized carbons (Fsp3) is 0.389. The molecule has 1 aromatic heterocycles. The van der Waals surface area contributed by atoms with E-state index in [0.29, 0.717) is 12.0 Å². The number of anilines is 3. The van der Waals surface area contributed by atoms with Gasteiger partial charge in [-0.2, -0.15) is 0 Å². The Labute approximate surface area is 132 Å². The molecule has 1 aromatic carbocycles. The van der Waals surface area contributed by atoms with Crippen molar-refractivity contribution in [3.8, 4) is 0 Å². The number of hydrogen-bond acceptors (Lipinski definition) is 3. The van der Waals surface area contributed by atoms with Gasteiger partial charge in [-0.05, 0) is 37.8 Å². The van der Waals surface area contributed by atoms with Crippen LogP contribution in [0.15, 0.2) is 36.4 Å². The van der Waals surface area contributed by atoms with E-state index in [1.54, 1.807) is 0 Å². The van der Waals surface area contributed by atoms with Crippen LogP contribution >= 0.6 is 0 Å². The molecule has 2 unspecified atom stereocenters. The lowest BCUT2D eigenvalue weighted by atomic mass is 9.88. The third kappa shape index (κ3) is 2.49. The van der Waals surface area contributed by atoms with E-state index in [1.807, 2.05) is 17.7 Å². The van der Waals surface area contributed by atoms with Crippen LogP contribution in [0, 0.1) is 6.92 Å². The first-order chi connectivity index (χ1) is 10.5. The number of benzene rings is 1. The second-order valence-electron chi connectivity index (χ2n) is 6.40. The minimum atomic E-state index is 0.431. The van der Waals surface area contributed by atoms with Crippen LogP contribution in [0.4, 0.5) is 17.2 Å². The van der Waals surface area contributed by atoms with Crippen LogP contribution in [0.3, 0.4) is 0 Å². The van der Waals surface area contributed by atoms with Gasteiger partial charge in [0.2, 0.25) is 0 Å². The van der Waals surface area contributed by atoms with E-state index >= 15 is 0 Å². The van der Waals surface area contributed by atoms with Gasteiger partial charge in [-0.15, -0.1) is 0 Å². The van der Waals surface area contributed by atoms with Gasteiger partial charge >= 0.3 is 0 Å². The zero-order valence-corrected chi connectivity index (χ0v) is 13.8. The molecule has 4 heteroatoms. The fourth-order valence-electron chi connectivity index (χ4n) is 3.30. The molecule has 0 amide bonds. The summed E-state index contributed by atoms with van der Waals surface area (Å²) in [6.45, 7) is 6.63. The van der Waals surface area contributed by atoms with Gasteiger partial charge in [0.1, 0.15) is 5.69 Å². The molecule has 0 aliphatic carbocycles. The van der Waals surface area contributed by atoms with Crippen molar-refractivity contribution < 1.29 is 4.57 Å². The van der Waals surface area contributed by atoms with Gasteiger partial charge in [-0.1, -0.05) is 25.1 Å². The summed E-state index contributed by atoms with van der Waals surface area (Å²) in [4.78, 5) is 0. The van der Waals surface area contributed by atoms with E-state index in [0.717, 1.165) is 23.6 Å². The maximum atomic E-state index is 6.08. The third-order valence-corrected chi connectivity index (χ3v) is 4.70. The lowest BCUT2D eigenvalue weighted by molar-refractivity contribution is -0.663. The van der Waals surface area contributed by atoms with E-state index in [4.69, 9.17) is 5.73 Å². The van der Waals surface area contributed by atoms with Gasteiger partial charge in [0.05, 0.1) is 24.5 Å². The maximum Gasteiger partial charge on any atom is 0.274 e. The van der Waals surface area contributed by atoms with E-state index < -0.39 is 0 Å². The number of nitrogen functional groups attached to an aromatic ring is 1. The van der Waals surface area contributed by atoms with Crippen LogP contribution in [0.1, 0.15) is 37.4 Å². The van der Waals surface area contributed by atoms with Crippen molar-refractivity contribution in [2.75, 3.05) is 16.2 Å². The first kappa shape index (κ1) is 14.7. The van der Waals surface area contributed by atoms with Gasteiger partial charge in [-0.25, -0.2) is 4.57 Å². The number of hydrazine groups is 1. The van der Waals surface area contributed by atoms with Crippen LogP contribution in [0.5, 0.6) is 0 Å². The zero-order valence-electron chi connectivity index (χ0n) is 13.8. The molecule has 3 rings (SSSR count). The molecular formula is C18H25N4+. The Bertz CT molecular complexity index is 672. The number of para-hydroxylation sites is 1. The van der Waals surface area contributed by atoms with Gasteiger partial charge < -0.3 is 0 Å². The molecule has 0 radical (unpaired) electrons. The highest BCUT2D eigenvalue weighted by Crippen LogP contribution is 2.37. The van der Waals surface area contributed by atoms with E-state index in [1.165, 1.54) is 11.3 Å². The lowest BCUT2D eigenvalue weighted by Gasteiger charge is -2.40. The average molecular weight is 297 g/mol. The molecule has 0 saturated carbocycles. The monoisotopic (exact) mass is 297 g/mol. The summed E-state index contributed by atoms with van der Waals surface area (Å²) in [6, 6.07) is 13.2. The number of fused-ring (bicyclic) bond motifs is 1. The Morgan fingerprint density at radius 2 is 1.95 bits per heavy atom. The summed E-state index contributed by atoms with van der Waals surface area (Å²) in [5.74, 6) is 1.35. The molecular weight excluding hydrogens is 272 g/mol. The van der Waals surface area contributed by atoms with E-state index in [2.05, 4.69) is 61.5 Å². The quantitative estimate of drug-likeness (QED) is 0.837. The molecule has 4 nitrogen and oxygen atoms in total. The standard InChI is InChI=1S/C18H24N4/c1-12-9-14(3)22(17-8-6-5-7-16(12)17)20-15-10-13(2)21(4)18(19)11-15/h5-8,10-12,14H,9H2,1-4H3,(H2,19,20)/p+1. The number of nitrogens with two attached hydrogens (primary N) is 1. The highest BCUT2D eigenvalue weighted by molar-refractivity contribution is 5.63. The van der Waals surface area contributed by atoms with Gasteiger partial charge in [-0.3, -0.25) is 16.2 Å². The number of pyridine rings is 1. The largest absolute Gasteiger partial charge is 0.298 e. The molecule has 22 heavy (non-hydrogen) atoms. The normalized spacial score (nSPS) is 20.6. The number of aryl methyl sites for hydroxylation is 1. The Balaban J connectivity index is 1.97. The van der Waals surface area contributed by atoms with Crippen molar-refractivity contribution in [1.82, 2.24) is 0 Å². The highest BCUT2D eigenvalue weighted by atomic mass is 15.5.